The number of amides is 2. The van der Waals surface area contributed by atoms with Gasteiger partial charge < -0.3 is 9.80 Å². The zero-order valence-electron chi connectivity index (χ0n) is 20.0. The van der Waals surface area contributed by atoms with Crippen LogP contribution in [0.3, 0.4) is 0 Å². The predicted molar refractivity (Wildman–Crippen MR) is 129 cm³/mol. The summed E-state index contributed by atoms with van der Waals surface area (Å²) in [6.07, 6.45) is 10.9. The molecule has 3 fully saturated rings. The molecule has 0 spiro atoms. The zero-order valence-corrected chi connectivity index (χ0v) is 20.0. The molecule has 0 saturated carbocycles. The van der Waals surface area contributed by atoms with E-state index in [0.29, 0.717) is 19.0 Å². The van der Waals surface area contributed by atoms with Crippen molar-refractivity contribution in [2.75, 3.05) is 39.3 Å². The number of likely N-dealkylation sites (tertiary alicyclic amines) is 3. The molecule has 0 unspecified atom stereocenters. The van der Waals surface area contributed by atoms with E-state index in [4.69, 9.17) is 0 Å². The molecule has 2 aromatic rings. The van der Waals surface area contributed by atoms with Gasteiger partial charge in [-0.25, -0.2) is 9.67 Å². The molecule has 1 atom stereocenters. The number of rotatable bonds is 6. The van der Waals surface area contributed by atoms with E-state index in [2.05, 4.69) is 19.9 Å². The highest BCUT2D eigenvalue weighted by atomic mass is 16.2. The van der Waals surface area contributed by atoms with Crippen LogP contribution in [0.2, 0.25) is 0 Å². The average molecular weight is 465 g/mol. The maximum atomic E-state index is 13.8. The number of hydrogen-bond acceptors (Lipinski definition) is 5. The highest BCUT2D eigenvalue weighted by Gasteiger charge is 2.36. The van der Waals surface area contributed by atoms with Crippen LogP contribution < -0.4 is 0 Å². The third-order valence-corrected chi connectivity index (χ3v) is 7.85. The van der Waals surface area contributed by atoms with Crippen molar-refractivity contribution in [3.63, 3.8) is 0 Å². The molecule has 5 rings (SSSR count). The molecular weight excluding hydrogens is 428 g/mol. The van der Waals surface area contributed by atoms with Gasteiger partial charge in [-0.3, -0.25) is 14.5 Å². The summed E-state index contributed by atoms with van der Waals surface area (Å²) >= 11 is 0. The zero-order chi connectivity index (χ0) is 23.3. The lowest BCUT2D eigenvalue weighted by Gasteiger charge is -2.44. The number of piperidine rings is 2. The summed E-state index contributed by atoms with van der Waals surface area (Å²) < 4.78 is 1.76. The van der Waals surface area contributed by atoms with Crippen LogP contribution in [0.15, 0.2) is 36.9 Å². The smallest absolute Gasteiger partial charge is 0.254 e. The molecule has 1 aromatic carbocycles. The maximum Gasteiger partial charge on any atom is 0.254 e. The van der Waals surface area contributed by atoms with Crippen molar-refractivity contribution in [2.45, 2.75) is 57.5 Å². The fraction of sp³-hybridized carbons (Fsp3) is 0.615. The molecule has 0 N–H and O–H groups in total. The Kier molecular flexibility index (Phi) is 7.23. The minimum atomic E-state index is 0.145. The van der Waals surface area contributed by atoms with Gasteiger partial charge in [0, 0.05) is 31.2 Å². The van der Waals surface area contributed by atoms with Crippen LogP contribution in [-0.4, -0.2) is 86.6 Å². The molecule has 4 heterocycles. The summed E-state index contributed by atoms with van der Waals surface area (Å²) in [6.45, 7) is 5.67. The van der Waals surface area contributed by atoms with Gasteiger partial charge in [0.1, 0.15) is 12.7 Å². The van der Waals surface area contributed by atoms with Crippen molar-refractivity contribution >= 4 is 11.8 Å². The van der Waals surface area contributed by atoms with E-state index in [1.165, 1.54) is 12.7 Å². The lowest BCUT2D eigenvalue weighted by atomic mass is 9.83. The molecule has 0 bridgehead atoms. The normalized spacial score (nSPS) is 22.3. The van der Waals surface area contributed by atoms with E-state index in [1.807, 2.05) is 29.2 Å². The number of nitrogens with zero attached hydrogens (tertiary/aromatic N) is 6. The van der Waals surface area contributed by atoms with E-state index in [-0.39, 0.29) is 17.9 Å². The Hall–Kier alpha value is -2.74. The number of hydrogen-bond donors (Lipinski definition) is 0. The molecule has 182 valence electrons. The molecule has 34 heavy (non-hydrogen) atoms. The third-order valence-electron chi connectivity index (χ3n) is 7.85. The number of carbonyl (C=O) groups is 2. The van der Waals surface area contributed by atoms with Crippen molar-refractivity contribution in [3.8, 4) is 0 Å². The second-order valence-corrected chi connectivity index (χ2v) is 10.0. The highest BCUT2D eigenvalue weighted by molar-refractivity contribution is 5.96. The van der Waals surface area contributed by atoms with Crippen LogP contribution in [-0.2, 0) is 11.3 Å². The molecule has 8 heteroatoms. The molecular formula is C26H36N6O2. The van der Waals surface area contributed by atoms with E-state index < -0.39 is 0 Å². The lowest BCUT2D eigenvalue weighted by molar-refractivity contribution is -0.131. The molecule has 1 aromatic heterocycles. The maximum absolute atomic E-state index is 13.8. The summed E-state index contributed by atoms with van der Waals surface area (Å²) in [7, 11) is 0. The van der Waals surface area contributed by atoms with Gasteiger partial charge in [-0.2, -0.15) is 5.10 Å². The molecule has 2 amide bonds. The van der Waals surface area contributed by atoms with Crippen LogP contribution >= 0.6 is 0 Å². The van der Waals surface area contributed by atoms with Gasteiger partial charge in [0.05, 0.1) is 13.1 Å². The minimum absolute atomic E-state index is 0.145. The van der Waals surface area contributed by atoms with Crippen molar-refractivity contribution in [2.24, 2.45) is 5.92 Å². The first kappa shape index (κ1) is 23.0. The van der Waals surface area contributed by atoms with E-state index in [1.54, 1.807) is 11.0 Å². The summed E-state index contributed by atoms with van der Waals surface area (Å²) in [4.78, 5) is 36.9. The number of carbonyl (C=O) groups excluding carboxylic acids is 2. The highest BCUT2D eigenvalue weighted by Crippen LogP contribution is 2.32. The number of aromatic nitrogens is 3. The average Bonchev–Trinajstić information content (AvgIpc) is 3.59. The molecule has 0 radical (unpaired) electrons. The van der Waals surface area contributed by atoms with E-state index in [0.717, 1.165) is 82.4 Å². The molecule has 3 aliphatic rings. The second kappa shape index (κ2) is 10.7. The molecule has 8 nitrogen and oxygen atoms in total. The van der Waals surface area contributed by atoms with Crippen LogP contribution in [0, 0.1) is 5.92 Å². The topological polar surface area (TPSA) is 74.6 Å². The SMILES string of the molecule is O=C(CN1CCC([C@H]2CCCCN2C(=O)c2ccccc2Cn2cncn2)CC1)N1CCCC1. The van der Waals surface area contributed by atoms with Gasteiger partial charge in [0.15, 0.2) is 0 Å². The molecule has 0 aliphatic carbocycles. The second-order valence-electron chi connectivity index (χ2n) is 10.0. The van der Waals surface area contributed by atoms with E-state index in [9.17, 15) is 9.59 Å². The monoisotopic (exact) mass is 464 g/mol. The van der Waals surface area contributed by atoms with Crippen LogP contribution in [0.4, 0.5) is 0 Å². The Labute approximate surface area is 201 Å². The van der Waals surface area contributed by atoms with Crippen molar-refractivity contribution < 1.29 is 9.59 Å². The standard InChI is InChI=1S/C26H36N6O2/c33-25(30-12-5-6-13-30)18-29-15-10-21(11-16-29)24-9-3-4-14-32(24)26(34)23-8-2-1-7-22(23)17-31-20-27-19-28-31/h1-2,7-8,19-21,24H,3-6,9-18H2/t24-/m1/s1. The number of benzene rings is 1. The van der Waals surface area contributed by atoms with Crippen LogP contribution in [0.1, 0.15) is 60.9 Å². The first-order valence-corrected chi connectivity index (χ1v) is 12.9. The third kappa shape index (κ3) is 5.17. The van der Waals surface area contributed by atoms with Crippen LogP contribution in [0.5, 0.6) is 0 Å². The Balaban J connectivity index is 1.23. The Morgan fingerprint density at radius 2 is 1.68 bits per heavy atom. The van der Waals surface area contributed by atoms with Crippen molar-refractivity contribution in [3.05, 3.63) is 48.0 Å². The lowest BCUT2D eigenvalue weighted by Crippen LogP contribution is -2.51. The molecule has 3 aliphatic heterocycles. The van der Waals surface area contributed by atoms with E-state index >= 15 is 0 Å². The van der Waals surface area contributed by atoms with Crippen molar-refractivity contribution in [1.29, 1.82) is 0 Å². The first-order chi connectivity index (χ1) is 16.7. The van der Waals surface area contributed by atoms with Crippen LogP contribution in [0.25, 0.3) is 0 Å². The van der Waals surface area contributed by atoms with Gasteiger partial charge in [0.2, 0.25) is 5.91 Å². The largest absolute Gasteiger partial charge is 0.342 e. The van der Waals surface area contributed by atoms with Gasteiger partial charge in [-0.15, -0.1) is 0 Å². The predicted octanol–water partition coefficient (Wildman–Crippen LogP) is 2.66. The minimum Gasteiger partial charge on any atom is -0.342 e. The summed E-state index contributed by atoms with van der Waals surface area (Å²) in [5.41, 5.74) is 1.76. The summed E-state index contributed by atoms with van der Waals surface area (Å²) in [5.74, 6) is 0.936. The van der Waals surface area contributed by atoms with Gasteiger partial charge in [-0.05, 0) is 75.6 Å². The Morgan fingerprint density at radius 1 is 0.912 bits per heavy atom. The Morgan fingerprint density at radius 3 is 2.44 bits per heavy atom. The fourth-order valence-corrected chi connectivity index (χ4v) is 5.96. The van der Waals surface area contributed by atoms with Gasteiger partial charge in [0.25, 0.3) is 5.91 Å². The fourth-order valence-electron chi connectivity index (χ4n) is 5.96. The van der Waals surface area contributed by atoms with Gasteiger partial charge >= 0.3 is 0 Å². The quantitative estimate of drug-likeness (QED) is 0.657. The van der Waals surface area contributed by atoms with Crippen molar-refractivity contribution in [1.82, 2.24) is 29.5 Å². The van der Waals surface area contributed by atoms with Gasteiger partial charge in [-0.1, -0.05) is 18.2 Å². The summed E-state index contributed by atoms with van der Waals surface area (Å²) in [6, 6.07) is 8.19. The molecule has 3 saturated heterocycles. The summed E-state index contributed by atoms with van der Waals surface area (Å²) in [5, 5.41) is 4.21. The Bertz CT molecular complexity index is 963. The first-order valence-electron chi connectivity index (χ1n) is 12.9.